The van der Waals surface area contributed by atoms with E-state index < -0.39 is 11.5 Å². The van der Waals surface area contributed by atoms with Gasteiger partial charge in [-0.2, -0.15) is 0 Å². The molecule has 0 saturated heterocycles. The van der Waals surface area contributed by atoms with Gasteiger partial charge in [-0.3, -0.25) is 4.79 Å². The summed E-state index contributed by atoms with van der Waals surface area (Å²) in [4.78, 5) is 12.9. The van der Waals surface area contributed by atoms with Gasteiger partial charge in [0.25, 0.3) is 0 Å². The SMILES string of the molecule is CC1=C(/C=C/C(C)=C/C=C\C(C)=C/C=C\C=C(C)\C=C\C=C(C)\C=C\C(=O)[C@@]2(C)C[C@H](O)CC2(C)C)C(C)(C)C[C@@H](O)C1. The molecule has 2 rings (SSSR count). The van der Waals surface area contributed by atoms with E-state index in [0.717, 1.165) is 29.6 Å². The predicted octanol–water partition coefficient (Wildman–Crippen LogP) is 9.81. The number of carbonyl (C=O) groups is 1. The lowest BCUT2D eigenvalue weighted by Gasteiger charge is -2.35. The van der Waals surface area contributed by atoms with Gasteiger partial charge >= 0.3 is 0 Å². The average molecular weight is 585 g/mol. The lowest BCUT2D eigenvalue weighted by Crippen LogP contribution is -2.36. The molecule has 0 heterocycles. The molecule has 0 radical (unpaired) electrons. The summed E-state index contributed by atoms with van der Waals surface area (Å²) in [7, 11) is 0. The van der Waals surface area contributed by atoms with E-state index in [1.165, 1.54) is 16.7 Å². The molecule has 0 aliphatic heterocycles. The molecule has 2 aliphatic carbocycles. The lowest BCUT2D eigenvalue weighted by molar-refractivity contribution is -0.127. The summed E-state index contributed by atoms with van der Waals surface area (Å²) in [6, 6.07) is 0. The zero-order valence-electron chi connectivity index (χ0n) is 28.4. The normalized spacial score (nSPS) is 27.7. The minimum absolute atomic E-state index is 0.00528. The standard InChI is InChI=1S/C40H56O3/c1-29(17-13-19-31(3)21-23-36-33(5)25-34(41)26-38(36,6)7)15-11-12-16-30(2)18-14-20-32(4)22-24-37(43)40(10)28-35(42)27-39(40,8)9/h11-24,34-35,41-42H,25-28H2,1-10H3/b12-11-,17-13-,18-14+,23-21+,24-22+,29-15-,30-16+,31-19+,32-20+/t34-,35+,40+/m0/s1. The molecule has 1 fully saturated rings. The first-order valence-electron chi connectivity index (χ1n) is 15.7. The Morgan fingerprint density at radius 2 is 1.14 bits per heavy atom. The van der Waals surface area contributed by atoms with Crippen molar-refractivity contribution in [2.24, 2.45) is 16.2 Å². The van der Waals surface area contributed by atoms with Crippen molar-refractivity contribution >= 4 is 5.78 Å². The van der Waals surface area contributed by atoms with E-state index in [1.807, 2.05) is 50.3 Å². The number of aliphatic hydroxyl groups excluding tert-OH is 2. The highest BCUT2D eigenvalue weighted by atomic mass is 16.3. The molecule has 3 atom stereocenters. The van der Waals surface area contributed by atoms with Crippen LogP contribution >= 0.6 is 0 Å². The molecule has 1 saturated carbocycles. The first kappa shape index (κ1) is 36.2. The fourth-order valence-electron chi connectivity index (χ4n) is 6.19. The zero-order valence-corrected chi connectivity index (χ0v) is 28.4. The van der Waals surface area contributed by atoms with Crippen LogP contribution in [-0.4, -0.2) is 28.2 Å². The fourth-order valence-corrected chi connectivity index (χ4v) is 6.19. The van der Waals surface area contributed by atoms with Crippen molar-refractivity contribution in [3.05, 3.63) is 119 Å². The number of carbonyl (C=O) groups excluding carboxylic acids is 1. The summed E-state index contributed by atoms with van der Waals surface area (Å²) in [6.45, 7) is 20.9. The van der Waals surface area contributed by atoms with Crippen molar-refractivity contribution in [2.75, 3.05) is 0 Å². The van der Waals surface area contributed by atoms with Crippen molar-refractivity contribution in [3.8, 4) is 0 Å². The quantitative estimate of drug-likeness (QED) is 0.188. The number of hydrogen-bond acceptors (Lipinski definition) is 3. The maximum Gasteiger partial charge on any atom is 0.162 e. The van der Waals surface area contributed by atoms with E-state index in [0.29, 0.717) is 12.8 Å². The molecule has 0 aromatic heterocycles. The van der Waals surface area contributed by atoms with Crippen LogP contribution in [0.3, 0.4) is 0 Å². The monoisotopic (exact) mass is 584 g/mol. The smallest absolute Gasteiger partial charge is 0.162 e. The summed E-state index contributed by atoms with van der Waals surface area (Å²) in [5, 5.41) is 20.2. The molecule has 2 N–H and O–H groups in total. The van der Waals surface area contributed by atoms with E-state index in [2.05, 4.69) is 97.9 Å². The van der Waals surface area contributed by atoms with Gasteiger partial charge in [0, 0.05) is 5.41 Å². The highest BCUT2D eigenvalue weighted by Crippen LogP contribution is 2.53. The summed E-state index contributed by atoms with van der Waals surface area (Å²) in [6.07, 6.45) is 30.6. The van der Waals surface area contributed by atoms with Crippen LogP contribution in [-0.2, 0) is 4.79 Å². The predicted molar refractivity (Wildman–Crippen MR) is 185 cm³/mol. The molecular formula is C40H56O3. The van der Waals surface area contributed by atoms with Crippen molar-refractivity contribution in [1.82, 2.24) is 0 Å². The van der Waals surface area contributed by atoms with Gasteiger partial charge < -0.3 is 10.2 Å². The minimum Gasteiger partial charge on any atom is -0.393 e. The van der Waals surface area contributed by atoms with Crippen LogP contribution in [0, 0.1) is 16.2 Å². The van der Waals surface area contributed by atoms with Crippen LogP contribution in [0.5, 0.6) is 0 Å². The number of allylic oxidation sites excluding steroid dienone is 19. The molecular weight excluding hydrogens is 528 g/mol. The Morgan fingerprint density at radius 1 is 0.651 bits per heavy atom. The molecule has 0 aromatic carbocycles. The first-order chi connectivity index (χ1) is 20.0. The second-order valence-electron chi connectivity index (χ2n) is 14.2. The van der Waals surface area contributed by atoms with Gasteiger partial charge in [-0.15, -0.1) is 0 Å². The van der Waals surface area contributed by atoms with Gasteiger partial charge in [0.2, 0.25) is 0 Å². The van der Waals surface area contributed by atoms with Crippen LogP contribution in [0.4, 0.5) is 0 Å². The van der Waals surface area contributed by atoms with E-state index in [4.69, 9.17) is 0 Å². The maximum absolute atomic E-state index is 12.9. The second kappa shape index (κ2) is 15.6. The summed E-state index contributed by atoms with van der Waals surface area (Å²) in [5.74, 6) is 0.0853. The van der Waals surface area contributed by atoms with Crippen molar-refractivity contribution in [2.45, 2.75) is 107 Å². The Morgan fingerprint density at radius 3 is 1.63 bits per heavy atom. The van der Waals surface area contributed by atoms with E-state index >= 15 is 0 Å². The van der Waals surface area contributed by atoms with Crippen LogP contribution in [0.25, 0.3) is 0 Å². The van der Waals surface area contributed by atoms with Crippen LogP contribution in [0.15, 0.2) is 119 Å². The molecule has 3 heteroatoms. The highest BCUT2D eigenvalue weighted by molar-refractivity contribution is 5.95. The Hall–Kier alpha value is -3.01. The van der Waals surface area contributed by atoms with Crippen LogP contribution in [0.2, 0.25) is 0 Å². The van der Waals surface area contributed by atoms with Crippen LogP contribution < -0.4 is 0 Å². The third-order valence-electron chi connectivity index (χ3n) is 9.18. The average Bonchev–Trinajstić information content (AvgIpc) is 3.10. The third-order valence-corrected chi connectivity index (χ3v) is 9.18. The summed E-state index contributed by atoms with van der Waals surface area (Å²) >= 11 is 0. The zero-order chi connectivity index (χ0) is 32.4. The van der Waals surface area contributed by atoms with Gasteiger partial charge in [0.15, 0.2) is 5.78 Å². The molecule has 0 aromatic rings. The molecule has 3 nitrogen and oxygen atoms in total. The number of aliphatic hydroxyl groups is 2. The van der Waals surface area contributed by atoms with Crippen molar-refractivity contribution < 1.29 is 15.0 Å². The van der Waals surface area contributed by atoms with Gasteiger partial charge in [-0.25, -0.2) is 0 Å². The highest BCUT2D eigenvalue weighted by Gasteiger charge is 2.52. The van der Waals surface area contributed by atoms with Crippen molar-refractivity contribution in [3.63, 3.8) is 0 Å². The molecule has 2 aliphatic rings. The topological polar surface area (TPSA) is 57.5 Å². The van der Waals surface area contributed by atoms with Crippen LogP contribution in [0.1, 0.15) is 94.9 Å². The Balaban J connectivity index is 1.89. The minimum atomic E-state index is -0.532. The number of hydrogen-bond donors (Lipinski definition) is 2. The number of ketones is 1. The molecule has 0 bridgehead atoms. The van der Waals surface area contributed by atoms with Gasteiger partial charge in [0.1, 0.15) is 0 Å². The molecule has 0 spiro atoms. The summed E-state index contributed by atoms with van der Waals surface area (Å²) < 4.78 is 0. The Bertz CT molecular complexity index is 1310. The second-order valence-corrected chi connectivity index (χ2v) is 14.2. The Kier molecular flexibility index (Phi) is 13.2. The van der Waals surface area contributed by atoms with E-state index in [9.17, 15) is 15.0 Å². The molecule has 0 unspecified atom stereocenters. The van der Waals surface area contributed by atoms with Crippen molar-refractivity contribution in [1.29, 1.82) is 0 Å². The summed E-state index contributed by atoms with van der Waals surface area (Å²) in [5.41, 5.74) is 6.34. The molecule has 234 valence electrons. The van der Waals surface area contributed by atoms with E-state index in [-0.39, 0.29) is 22.7 Å². The first-order valence-corrected chi connectivity index (χ1v) is 15.7. The maximum atomic E-state index is 12.9. The molecule has 0 amide bonds. The molecule has 43 heavy (non-hydrogen) atoms. The number of rotatable bonds is 11. The van der Waals surface area contributed by atoms with E-state index in [1.54, 1.807) is 6.08 Å². The van der Waals surface area contributed by atoms with Gasteiger partial charge in [-0.05, 0) is 82.8 Å². The Labute approximate surface area is 262 Å². The lowest BCUT2D eigenvalue weighted by atomic mass is 9.66. The van der Waals surface area contributed by atoms with Gasteiger partial charge in [-0.1, -0.05) is 141 Å². The fraction of sp³-hybridized carbons (Fsp3) is 0.475. The third kappa shape index (κ3) is 10.9. The largest absolute Gasteiger partial charge is 0.393 e. The van der Waals surface area contributed by atoms with Gasteiger partial charge in [0.05, 0.1) is 12.2 Å².